The molecule has 1 aliphatic carbocycles. The molecule has 25 heavy (non-hydrogen) atoms. The van der Waals surface area contributed by atoms with Crippen molar-refractivity contribution in [3.63, 3.8) is 0 Å². The number of hydrogen-bond donors (Lipinski definition) is 1. The van der Waals surface area contributed by atoms with Crippen LogP contribution in [0.15, 0.2) is 20.6 Å². The maximum absolute atomic E-state index is 12.2. The van der Waals surface area contributed by atoms with Crippen molar-refractivity contribution in [2.75, 3.05) is 5.32 Å². The highest BCUT2D eigenvalue weighted by Crippen LogP contribution is 2.30. The third-order valence-electron chi connectivity index (χ3n) is 4.31. The molecule has 0 saturated heterocycles. The molecule has 0 atom stereocenters. The number of rotatable bonds is 5. The van der Waals surface area contributed by atoms with Gasteiger partial charge in [0.1, 0.15) is 0 Å². The zero-order valence-electron chi connectivity index (χ0n) is 13.9. The molecule has 0 bridgehead atoms. The third-order valence-corrected chi connectivity index (χ3v) is 7.28. The van der Waals surface area contributed by atoms with Crippen LogP contribution in [0.5, 0.6) is 0 Å². The molecular weight excluding hydrogens is 374 g/mol. The highest BCUT2D eigenvalue weighted by Gasteiger charge is 2.15. The van der Waals surface area contributed by atoms with Crippen LogP contribution in [0.3, 0.4) is 0 Å². The van der Waals surface area contributed by atoms with Gasteiger partial charge in [-0.15, -0.1) is 21.5 Å². The molecule has 0 spiro atoms. The van der Waals surface area contributed by atoms with E-state index in [0.717, 1.165) is 25.8 Å². The lowest BCUT2D eigenvalue weighted by Crippen LogP contribution is -2.21. The zero-order valence-corrected chi connectivity index (χ0v) is 16.3. The summed E-state index contributed by atoms with van der Waals surface area (Å²) in [4.78, 5) is 17.5. The van der Waals surface area contributed by atoms with Gasteiger partial charge >= 0.3 is 0 Å². The van der Waals surface area contributed by atoms with Crippen molar-refractivity contribution in [2.24, 2.45) is 0 Å². The SMILES string of the molecule is Cc1csc2nc(CSc3nnc(NC4CCCCC4)s3)cc(=O)n12. The first-order valence-electron chi connectivity index (χ1n) is 8.38. The molecule has 0 unspecified atom stereocenters. The first-order chi connectivity index (χ1) is 12.2. The normalized spacial score (nSPS) is 15.7. The van der Waals surface area contributed by atoms with E-state index in [0.29, 0.717) is 11.8 Å². The van der Waals surface area contributed by atoms with Crippen LogP contribution in [0.2, 0.25) is 0 Å². The molecule has 4 rings (SSSR count). The van der Waals surface area contributed by atoms with Crippen LogP contribution in [0.1, 0.15) is 43.5 Å². The van der Waals surface area contributed by atoms with Crippen LogP contribution < -0.4 is 10.9 Å². The monoisotopic (exact) mass is 393 g/mol. The first-order valence-corrected chi connectivity index (χ1v) is 11.1. The molecule has 1 N–H and O–H groups in total. The Kier molecular flexibility index (Phi) is 5.05. The Balaban J connectivity index is 1.40. The van der Waals surface area contributed by atoms with Gasteiger partial charge in [0.2, 0.25) is 5.13 Å². The van der Waals surface area contributed by atoms with E-state index in [1.165, 1.54) is 43.4 Å². The molecule has 9 heteroatoms. The van der Waals surface area contributed by atoms with Crippen LogP contribution in [0, 0.1) is 6.92 Å². The predicted molar refractivity (Wildman–Crippen MR) is 104 cm³/mol. The van der Waals surface area contributed by atoms with Crippen LogP contribution >= 0.6 is 34.4 Å². The van der Waals surface area contributed by atoms with Crippen molar-refractivity contribution in [3.05, 3.63) is 33.2 Å². The quantitative estimate of drug-likeness (QED) is 0.662. The lowest BCUT2D eigenvalue weighted by molar-refractivity contribution is 0.462. The summed E-state index contributed by atoms with van der Waals surface area (Å²) in [6.07, 6.45) is 6.37. The number of aromatic nitrogens is 4. The fraction of sp³-hybridized carbons (Fsp3) is 0.500. The van der Waals surface area contributed by atoms with E-state index in [1.807, 2.05) is 12.3 Å². The number of fused-ring (bicyclic) bond motifs is 1. The number of hydrogen-bond acceptors (Lipinski definition) is 8. The van der Waals surface area contributed by atoms with Crippen molar-refractivity contribution in [3.8, 4) is 0 Å². The molecule has 3 aromatic rings. The van der Waals surface area contributed by atoms with E-state index in [4.69, 9.17) is 0 Å². The van der Waals surface area contributed by atoms with Gasteiger partial charge in [-0.1, -0.05) is 42.4 Å². The summed E-state index contributed by atoms with van der Waals surface area (Å²) >= 11 is 4.65. The molecule has 3 heterocycles. The Morgan fingerprint density at radius 1 is 1.32 bits per heavy atom. The van der Waals surface area contributed by atoms with E-state index in [1.54, 1.807) is 33.6 Å². The Labute approximate surface area is 157 Å². The second kappa shape index (κ2) is 7.43. The standard InChI is InChI=1S/C16H19N5OS3/c1-10-8-23-15-18-12(7-13(22)21(10)15)9-24-16-20-19-14(25-16)17-11-5-3-2-4-6-11/h7-8,11H,2-6,9H2,1H3,(H,17,19). The van der Waals surface area contributed by atoms with Crippen LogP contribution in [0.4, 0.5) is 5.13 Å². The van der Waals surface area contributed by atoms with E-state index in [9.17, 15) is 4.79 Å². The summed E-state index contributed by atoms with van der Waals surface area (Å²) in [5.74, 6) is 0.626. The predicted octanol–water partition coefficient (Wildman–Crippen LogP) is 3.95. The van der Waals surface area contributed by atoms with Gasteiger partial charge in [0.15, 0.2) is 9.30 Å². The van der Waals surface area contributed by atoms with Gasteiger partial charge in [-0.2, -0.15) is 0 Å². The highest BCUT2D eigenvalue weighted by atomic mass is 32.2. The second-order valence-electron chi connectivity index (χ2n) is 6.22. The van der Waals surface area contributed by atoms with Crippen molar-refractivity contribution < 1.29 is 0 Å². The second-order valence-corrected chi connectivity index (χ2v) is 9.26. The molecular formula is C16H19N5OS3. The molecule has 0 radical (unpaired) electrons. The zero-order chi connectivity index (χ0) is 17.2. The lowest BCUT2D eigenvalue weighted by Gasteiger charge is -2.21. The number of anilines is 1. The summed E-state index contributed by atoms with van der Waals surface area (Å²) in [5.41, 5.74) is 1.70. The minimum Gasteiger partial charge on any atom is -0.357 e. The summed E-state index contributed by atoms with van der Waals surface area (Å²) in [6.45, 7) is 1.92. The Morgan fingerprint density at radius 3 is 3.00 bits per heavy atom. The summed E-state index contributed by atoms with van der Waals surface area (Å²) in [5, 5.41) is 14.8. The fourth-order valence-corrected chi connectivity index (χ4v) is 5.67. The fourth-order valence-electron chi connectivity index (χ4n) is 3.06. The minimum absolute atomic E-state index is 0.0173. The maximum Gasteiger partial charge on any atom is 0.258 e. The molecule has 1 fully saturated rings. The third kappa shape index (κ3) is 3.88. The van der Waals surface area contributed by atoms with Gasteiger partial charge in [0.25, 0.3) is 5.56 Å². The number of thiazole rings is 1. The molecule has 132 valence electrons. The molecule has 0 amide bonds. The summed E-state index contributed by atoms with van der Waals surface area (Å²) in [6, 6.07) is 2.15. The lowest BCUT2D eigenvalue weighted by atomic mass is 9.96. The Hall–Kier alpha value is -1.45. The molecule has 0 aliphatic heterocycles. The average Bonchev–Trinajstić information content (AvgIpc) is 3.21. The average molecular weight is 394 g/mol. The van der Waals surface area contributed by atoms with Gasteiger partial charge in [-0.25, -0.2) is 4.98 Å². The largest absolute Gasteiger partial charge is 0.357 e. The number of nitrogens with zero attached hydrogens (tertiary/aromatic N) is 4. The number of nitrogens with one attached hydrogen (secondary N) is 1. The van der Waals surface area contributed by atoms with Crippen LogP contribution in [-0.2, 0) is 5.75 Å². The molecule has 1 saturated carbocycles. The van der Waals surface area contributed by atoms with Gasteiger partial charge in [0.05, 0.1) is 5.69 Å². The molecule has 6 nitrogen and oxygen atoms in total. The molecule has 3 aromatic heterocycles. The van der Waals surface area contributed by atoms with E-state index in [2.05, 4.69) is 20.5 Å². The van der Waals surface area contributed by atoms with Gasteiger partial charge in [0, 0.05) is 28.9 Å². The summed E-state index contributed by atoms with van der Waals surface area (Å²) in [7, 11) is 0. The van der Waals surface area contributed by atoms with Crippen LogP contribution in [-0.4, -0.2) is 25.6 Å². The first kappa shape index (κ1) is 17.0. The van der Waals surface area contributed by atoms with Crippen molar-refractivity contribution >= 4 is 44.5 Å². The molecule has 1 aliphatic rings. The smallest absolute Gasteiger partial charge is 0.258 e. The van der Waals surface area contributed by atoms with Crippen molar-refractivity contribution in [2.45, 2.75) is 55.2 Å². The topological polar surface area (TPSA) is 72.2 Å². The summed E-state index contributed by atoms with van der Waals surface area (Å²) < 4.78 is 2.55. The Bertz CT molecular complexity index is 925. The van der Waals surface area contributed by atoms with E-state index in [-0.39, 0.29) is 5.56 Å². The van der Waals surface area contributed by atoms with Gasteiger partial charge in [-0.05, 0) is 19.8 Å². The maximum atomic E-state index is 12.2. The minimum atomic E-state index is -0.0173. The van der Waals surface area contributed by atoms with Gasteiger partial charge in [-0.3, -0.25) is 9.20 Å². The van der Waals surface area contributed by atoms with Crippen molar-refractivity contribution in [1.29, 1.82) is 0 Å². The highest BCUT2D eigenvalue weighted by molar-refractivity contribution is 8.00. The number of thioether (sulfide) groups is 1. The molecule has 0 aromatic carbocycles. The van der Waals surface area contributed by atoms with E-state index < -0.39 is 0 Å². The van der Waals surface area contributed by atoms with Crippen LogP contribution in [0.25, 0.3) is 4.96 Å². The Morgan fingerprint density at radius 2 is 2.16 bits per heavy atom. The number of aryl methyl sites for hydroxylation is 1. The van der Waals surface area contributed by atoms with Gasteiger partial charge < -0.3 is 5.32 Å². The van der Waals surface area contributed by atoms with Crippen molar-refractivity contribution in [1.82, 2.24) is 19.6 Å². The van der Waals surface area contributed by atoms with E-state index >= 15 is 0 Å².